The van der Waals surface area contributed by atoms with Crippen molar-refractivity contribution in [2.45, 2.75) is 11.6 Å². The van der Waals surface area contributed by atoms with Crippen LogP contribution in [0.15, 0.2) is 40.9 Å². The Morgan fingerprint density at radius 3 is 2.74 bits per heavy atom. The van der Waals surface area contributed by atoms with Crippen LogP contribution in [0.25, 0.3) is 0 Å². The van der Waals surface area contributed by atoms with Gasteiger partial charge in [0.2, 0.25) is 5.91 Å². The quantitative estimate of drug-likeness (QED) is 0.581. The van der Waals surface area contributed by atoms with Gasteiger partial charge in [-0.15, -0.1) is 21.5 Å². The average molecular weight is 405 g/mol. The predicted molar refractivity (Wildman–Crippen MR) is 107 cm³/mol. The van der Waals surface area contributed by atoms with Crippen molar-refractivity contribution in [3.8, 4) is 11.5 Å². The molecule has 1 aromatic carbocycles. The van der Waals surface area contributed by atoms with Crippen molar-refractivity contribution in [3.05, 3.63) is 46.4 Å². The summed E-state index contributed by atoms with van der Waals surface area (Å²) in [5.74, 6) is 2.16. The predicted octanol–water partition coefficient (Wildman–Crippen LogP) is 3.22. The van der Waals surface area contributed by atoms with Crippen molar-refractivity contribution in [2.75, 3.05) is 25.3 Å². The number of hydrogen-bond acceptors (Lipinski definition) is 7. The summed E-state index contributed by atoms with van der Waals surface area (Å²) in [6.07, 6.45) is 0.736. The molecule has 0 radical (unpaired) electrons. The van der Waals surface area contributed by atoms with Gasteiger partial charge in [0.1, 0.15) is 5.82 Å². The van der Waals surface area contributed by atoms with E-state index in [-0.39, 0.29) is 11.7 Å². The SMILES string of the molecule is COc1ccc(NC(=O)CSc2nnc(Cc3cccs3)n2C)cc1OC. The van der Waals surface area contributed by atoms with Crippen LogP contribution in [0.3, 0.4) is 0 Å². The molecule has 0 saturated heterocycles. The number of rotatable bonds is 8. The summed E-state index contributed by atoms with van der Waals surface area (Å²) in [7, 11) is 5.04. The lowest BCUT2D eigenvalue weighted by Crippen LogP contribution is -2.14. The van der Waals surface area contributed by atoms with Crippen molar-refractivity contribution in [1.82, 2.24) is 14.8 Å². The maximum absolute atomic E-state index is 12.3. The van der Waals surface area contributed by atoms with E-state index in [9.17, 15) is 4.79 Å². The Labute approximate surface area is 165 Å². The number of carbonyl (C=O) groups excluding carboxylic acids is 1. The van der Waals surface area contributed by atoms with Gasteiger partial charge in [-0.2, -0.15) is 0 Å². The minimum absolute atomic E-state index is 0.130. The number of anilines is 1. The smallest absolute Gasteiger partial charge is 0.234 e. The van der Waals surface area contributed by atoms with Crippen molar-refractivity contribution >= 4 is 34.7 Å². The molecule has 3 aromatic rings. The largest absolute Gasteiger partial charge is 0.493 e. The molecule has 9 heteroatoms. The monoisotopic (exact) mass is 404 g/mol. The molecular formula is C18H20N4O3S2. The number of methoxy groups -OCH3 is 2. The lowest BCUT2D eigenvalue weighted by Gasteiger charge is -2.10. The van der Waals surface area contributed by atoms with Crippen molar-refractivity contribution in [3.63, 3.8) is 0 Å². The van der Waals surface area contributed by atoms with E-state index in [1.807, 2.05) is 23.1 Å². The molecule has 1 amide bonds. The first-order valence-corrected chi connectivity index (χ1v) is 10.0. The van der Waals surface area contributed by atoms with Crippen LogP contribution in [0.4, 0.5) is 5.69 Å². The average Bonchev–Trinajstić information content (AvgIpc) is 3.31. The third-order valence-corrected chi connectivity index (χ3v) is 5.73. The number of nitrogens with zero attached hydrogens (tertiary/aromatic N) is 3. The van der Waals surface area contributed by atoms with E-state index in [1.165, 1.54) is 16.6 Å². The summed E-state index contributed by atoms with van der Waals surface area (Å²) in [5, 5.41) is 14.0. The fourth-order valence-electron chi connectivity index (χ4n) is 2.43. The highest BCUT2D eigenvalue weighted by Crippen LogP contribution is 2.30. The first kappa shape index (κ1) is 19.2. The molecule has 0 bridgehead atoms. The van der Waals surface area contributed by atoms with Gasteiger partial charge in [-0.05, 0) is 23.6 Å². The minimum atomic E-state index is -0.130. The van der Waals surface area contributed by atoms with Gasteiger partial charge in [0.25, 0.3) is 0 Å². The maximum atomic E-state index is 12.3. The number of amides is 1. The Hall–Kier alpha value is -2.52. The van der Waals surface area contributed by atoms with Gasteiger partial charge >= 0.3 is 0 Å². The molecule has 2 aromatic heterocycles. The summed E-state index contributed by atoms with van der Waals surface area (Å²) >= 11 is 3.04. The second kappa shape index (κ2) is 8.92. The molecule has 0 atom stereocenters. The number of aromatic nitrogens is 3. The van der Waals surface area contributed by atoms with Crippen LogP contribution in [0, 0.1) is 0 Å². The van der Waals surface area contributed by atoms with Gasteiger partial charge in [0.05, 0.1) is 20.0 Å². The molecule has 1 N–H and O–H groups in total. The summed E-state index contributed by atoms with van der Waals surface area (Å²) in [4.78, 5) is 13.5. The molecule has 0 unspecified atom stereocenters. The Kier molecular flexibility index (Phi) is 6.36. The fraction of sp³-hybridized carbons (Fsp3) is 0.278. The molecule has 142 valence electrons. The molecule has 0 fully saturated rings. The molecule has 0 aliphatic heterocycles. The molecular weight excluding hydrogens is 384 g/mol. The number of carbonyl (C=O) groups is 1. The van der Waals surface area contributed by atoms with Crippen LogP contribution in [0.2, 0.25) is 0 Å². The molecule has 0 aliphatic rings. The molecule has 27 heavy (non-hydrogen) atoms. The lowest BCUT2D eigenvalue weighted by molar-refractivity contribution is -0.113. The van der Waals surface area contributed by atoms with Crippen LogP contribution in [0.5, 0.6) is 11.5 Å². The first-order chi connectivity index (χ1) is 13.1. The topological polar surface area (TPSA) is 78.3 Å². The highest BCUT2D eigenvalue weighted by atomic mass is 32.2. The number of thioether (sulfide) groups is 1. The Balaban J connectivity index is 1.57. The van der Waals surface area contributed by atoms with E-state index >= 15 is 0 Å². The van der Waals surface area contributed by atoms with Crippen LogP contribution in [-0.4, -0.2) is 40.6 Å². The third-order valence-electron chi connectivity index (χ3n) is 3.84. The van der Waals surface area contributed by atoms with Crippen LogP contribution < -0.4 is 14.8 Å². The van der Waals surface area contributed by atoms with Crippen LogP contribution in [-0.2, 0) is 18.3 Å². The molecule has 0 aliphatic carbocycles. The Bertz CT molecular complexity index is 909. The second-order valence-corrected chi connectivity index (χ2v) is 7.60. The Morgan fingerprint density at radius 1 is 1.22 bits per heavy atom. The fourth-order valence-corrected chi connectivity index (χ4v) is 3.87. The summed E-state index contributed by atoms with van der Waals surface area (Å²) in [6, 6.07) is 9.34. The zero-order valence-electron chi connectivity index (χ0n) is 15.3. The molecule has 3 rings (SSSR count). The summed E-state index contributed by atoms with van der Waals surface area (Å²) in [5.41, 5.74) is 0.648. The molecule has 0 saturated carbocycles. The zero-order chi connectivity index (χ0) is 19.2. The first-order valence-electron chi connectivity index (χ1n) is 8.16. The molecule has 2 heterocycles. The van der Waals surface area contributed by atoms with Crippen molar-refractivity contribution in [2.24, 2.45) is 7.05 Å². The molecule has 0 spiro atoms. The van der Waals surface area contributed by atoms with Gasteiger partial charge in [0, 0.05) is 30.1 Å². The van der Waals surface area contributed by atoms with E-state index in [0.29, 0.717) is 22.3 Å². The van der Waals surface area contributed by atoms with Crippen molar-refractivity contribution < 1.29 is 14.3 Å². The van der Waals surface area contributed by atoms with E-state index in [0.717, 1.165) is 12.2 Å². The number of nitrogens with one attached hydrogen (secondary N) is 1. The van der Waals surface area contributed by atoms with Gasteiger partial charge in [-0.1, -0.05) is 17.8 Å². The zero-order valence-corrected chi connectivity index (χ0v) is 16.9. The van der Waals surface area contributed by atoms with Gasteiger partial charge < -0.3 is 19.4 Å². The maximum Gasteiger partial charge on any atom is 0.234 e. The number of thiophene rings is 1. The standard InChI is InChI=1S/C18H20N4O3S2/c1-22-16(10-13-5-4-8-26-13)20-21-18(22)27-11-17(23)19-12-6-7-14(24-2)15(9-12)25-3/h4-9H,10-11H2,1-3H3,(H,19,23). The second-order valence-electron chi connectivity index (χ2n) is 5.62. The van der Waals surface area contributed by atoms with Crippen LogP contribution >= 0.6 is 23.1 Å². The van der Waals surface area contributed by atoms with Crippen LogP contribution in [0.1, 0.15) is 10.7 Å². The van der Waals surface area contributed by atoms with Gasteiger partial charge in [0.15, 0.2) is 16.7 Å². The number of hydrogen-bond donors (Lipinski definition) is 1. The van der Waals surface area contributed by atoms with E-state index in [4.69, 9.17) is 9.47 Å². The third kappa shape index (κ3) is 4.81. The Morgan fingerprint density at radius 2 is 2.04 bits per heavy atom. The molecule has 7 nitrogen and oxygen atoms in total. The minimum Gasteiger partial charge on any atom is -0.493 e. The highest BCUT2D eigenvalue weighted by molar-refractivity contribution is 7.99. The number of ether oxygens (including phenoxy) is 2. The normalized spacial score (nSPS) is 10.6. The van der Waals surface area contributed by atoms with E-state index in [2.05, 4.69) is 21.6 Å². The van der Waals surface area contributed by atoms with Gasteiger partial charge in [-0.3, -0.25) is 4.79 Å². The highest BCUT2D eigenvalue weighted by Gasteiger charge is 2.13. The summed E-state index contributed by atoms with van der Waals surface area (Å²) < 4.78 is 12.4. The van der Waals surface area contributed by atoms with E-state index in [1.54, 1.807) is 43.8 Å². The van der Waals surface area contributed by atoms with Crippen molar-refractivity contribution in [1.29, 1.82) is 0 Å². The lowest BCUT2D eigenvalue weighted by atomic mass is 10.2. The summed E-state index contributed by atoms with van der Waals surface area (Å²) in [6.45, 7) is 0. The van der Waals surface area contributed by atoms with Gasteiger partial charge in [-0.25, -0.2) is 0 Å². The number of benzene rings is 1. The van der Waals surface area contributed by atoms with E-state index < -0.39 is 0 Å².